The minimum atomic E-state index is -0.548. The van der Waals surface area contributed by atoms with E-state index in [0.29, 0.717) is 18.9 Å². The maximum Gasteiger partial charge on any atom is 0.260 e. The SMILES string of the molecule is Cc1ccc(OC(C)C(=O)NCCOc2cc(C)ccc2C)cc1. The molecule has 0 spiro atoms. The van der Waals surface area contributed by atoms with Crippen molar-refractivity contribution in [2.45, 2.75) is 33.8 Å². The molecule has 0 aliphatic heterocycles. The van der Waals surface area contributed by atoms with E-state index in [1.54, 1.807) is 6.92 Å². The lowest BCUT2D eigenvalue weighted by Crippen LogP contribution is -2.38. The quantitative estimate of drug-likeness (QED) is 0.791. The number of carbonyl (C=O) groups is 1. The van der Waals surface area contributed by atoms with Crippen molar-refractivity contribution in [1.82, 2.24) is 5.32 Å². The van der Waals surface area contributed by atoms with Crippen LogP contribution in [-0.4, -0.2) is 25.2 Å². The van der Waals surface area contributed by atoms with E-state index in [0.717, 1.165) is 22.4 Å². The molecule has 1 unspecified atom stereocenters. The molecule has 2 aromatic rings. The molecule has 4 heteroatoms. The molecule has 0 saturated heterocycles. The van der Waals surface area contributed by atoms with Crippen LogP contribution in [0.3, 0.4) is 0 Å². The van der Waals surface area contributed by atoms with Gasteiger partial charge in [0.1, 0.15) is 18.1 Å². The molecule has 0 saturated carbocycles. The Bertz CT molecular complexity index is 680. The van der Waals surface area contributed by atoms with Crippen LogP contribution in [0.1, 0.15) is 23.6 Å². The molecule has 1 atom stereocenters. The van der Waals surface area contributed by atoms with Crippen molar-refractivity contribution in [3.8, 4) is 11.5 Å². The molecule has 1 amide bonds. The van der Waals surface area contributed by atoms with E-state index in [1.807, 2.05) is 63.2 Å². The lowest BCUT2D eigenvalue weighted by atomic mass is 10.1. The van der Waals surface area contributed by atoms with Crippen molar-refractivity contribution in [3.63, 3.8) is 0 Å². The van der Waals surface area contributed by atoms with E-state index in [-0.39, 0.29) is 5.91 Å². The number of carbonyl (C=O) groups excluding carboxylic acids is 1. The average molecular weight is 327 g/mol. The predicted octanol–water partition coefficient (Wildman–Crippen LogP) is 3.57. The Morgan fingerprint density at radius 3 is 2.42 bits per heavy atom. The third kappa shape index (κ3) is 5.30. The Morgan fingerprint density at radius 2 is 1.71 bits per heavy atom. The van der Waals surface area contributed by atoms with Crippen LogP contribution in [0, 0.1) is 20.8 Å². The monoisotopic (exact) mass is 327 g/mol. The molecular formula is C20H25NO3. The summed E-state index contributed by atoms with van der Waals surface area (Å²) in [6, 6.07) is 13.7. The van der Waals surface area contributed by atoms with Gasteiger partial charge in [0.2, 0.25) is 0 Å². The lowest BCUT2D eigenvalue weighted by molar-refractivity contribution is -0.127. The van der Waals surface area contributed by atoms with Crippen LogP contribution in [0.2, 0.25) is 0 Å². The highest BCUT2D eigenvalue weighted by Gasteiger charge is 2.14. The number of ether oxygens (including phenoxy) is 2. The van der Waals surface area contributed by atoms with E-state index in [9.17, 15) is 4.79 Å². The zero-order valence-corrected chi connectivity index (χ0v) is 14.8. The Morgan fingerprint density at radius 1 is 1.04 bits per heavy atom. The number of amides is 1. The first-order valence-electron chi connectivity index (χ1n) is 8.17. The average Bonchev–Trinajstić information content (AvgIpc) is 2.56. The van der Waals surface area contributed by atoms with Crippen molar-refractivity contribution >= 4 is 5.91 Å². The molecule has 2 rings (SSSR count). The van der Waals surface area contributed by atoms with E-state index in [2.05, 4.69) is 5.32 Å². The van der Waals surface area contributed by atoms with Crippen molar-refractivity contribution in [3.05, 3.63) is 59.2 Å². The second kappa shape index (κ2) is 8.39. The van der Waals surface area contributed by atoms with E-state index < -0.39 is 6.10 Å². The highest BCUT2D eigenvalue weighted by Crippen LogP contribution is 2.18. The van der Waals surface area contributed by atoms with Gasteiger partial charge in [0.25, 0.3) is 5.91 Å². The maximum atomic E-state index is 12.1. The van der Waals surface area contributed by atoms with Crippen molar-refractivity contribution in [2.24, 2.45) is 0 Å². The molecule has 0 bridgehead atoms. The molecule has 0 aliphatic carbocycles. The minimum absolute atomic E-state index is 0.153. The first-order chi connectivity index (χ1) is 11.5. The Labute approximate surface area is 143 Å². The van der Waals surface area contributed by atoms with Gasteiger partial charge in [-0.1, -0.05) is 29.8 Å². The Balaban J connectivity index is 1.74. The molecule has 0 fully saturated rings. The second-order valence-electron chi connectivity index (χ2n) is 5.98. The summed E-state index contributed by atoms with van der Waals surface area (Å²) in [6.07, 6.45) is -0.548. The van der Waals surface area contributed by atoms with Gasteiger partial charge in [-0.05, 0) is 57.0 Å². The lowest BCUT2D eigenvalue weighted by Gasteiger charge is -2.15. The standard InChI is InChI=1S/C20H25NO3/c1-14-6-9-18(10-7-14)24-17(4)20(22)21-11-12-23-19-13-15(2)5-8-16(19)3/h5-10,13,17H,11-12H2,1-4H3,(H,21,22). The van der Waals surface area contributed by atoms with Gasteiger partial charge in [0.05, 0.1) is 6.54 Å². The summed E-state index contributed by atoms with van der Waals surface area (Å²) in [5, 5.41) is 2.83. The van der Waals surface area contributed by atoms with Crippen LogP contribution in [-0.2, 0) is 4.79 Å². The van der Waals surface area contributed by atoms with Crippen LogP contribution >= 0.6 is 0 Å². The van der Waals surface area contributed by atoms with Crippen LogP contribution in [0.5, 0.6) is 11.5 Å². The Kier molecular flexibility index (Phi) is 6.24. The summed E-state index contributed by atoms with van der Waals surface area (Å²) in [5.74, 6) is 1.39. The fourth-order valence-corrected chi connectivity index (χ4v) is 2.22. The fraction of sp³-hybridized carbons (Fsp3) is 0.350. The molecule has 0 heterocycles. The Hall–Kier alpha value is -2.49. The van der Waals surface area contributed by atoms with Crippen LogP contribution in [0.15, 0.2) is 42.5 Å². The number of aryl methyl sites for hydroxylation is 3. The van der Waals surface area contributed by atoms with Crippen molar-refractivity contribution < 1.29 is 14.3 Å². The molecular weight excluding hydrogens is 302 g/mol. The number of rotatable bonds is 7. The summed E-state index contributed by atoms with van der Waals surface area (Å²) in [7, 11) is 0. The highest BCUT2D eigenvalue weighted by molar-refractivity contribution is 5.80. The maximum absolute atomic E-state index is 12.1. The smallest absolute Gasteiger partial charge is 0.260 e. The van der Waals surface area contributed by atoms with E-state index in [1.165, 1.54) is 0 Å². The van der Waals surface area contributed by atoms with Gasteiger partial charge >= 0.3 is 0 Å². The normalized spacial score (nSPS) is 11.7. The zero-order chi connectivity index (χ0) is 17.5. The predicted molar refractivity (Wildman–Crippen MR) is 95.7 cm³/mol. The molecule has 128 valence electrons. The summed E-state index contributed by atoms with van der Waals surface area (Å²) in [4.78, 5) is 12.1. The largest absolute Gasteiger partial charge is 0.491 e. The minimum Gasteiger partial charge on any atom is -0.491 e. The third-order valence-electron chi connectivity index (χ3n) is 3.71. The van der Waals surface area contributed by atoms with Crippen LogP contribution < -0.4 is 14.8 Å². The van der Waals surface area contributed by atoms with E-state index >= 15 is 0 Å². The second-order valence-corrected chi connectivity index (χ2v) is 5.98. The van der Waals surface area contributed by atoms with Crippen LogP contribution in [0.25, 0.3) is 0 Å². The summed E-state index contributed by atoms with van der Waals surface area (Å²) < 4.78 is 11.4. The molecule has 0 aliphatic rings. The number of benzene rings is 2. The van der Waals surface area contributed by atoms with E-state index in [4.69, 9.17) is 9.47 Å². The van der Waals surface area contributed by atoms with Crippen molar-refractivity contribution in [2.75, 3.05) is 13.2 Å². The van der Waals surface area contributed by atoms with Gasteiger partial charge in [-0.25, -0.2) is 0 Å². The number of hydrogen-bond acceptors (Lipinski definition) is 3. The molecule has 0 aromatic heterocycles. The zero-order valence-electron chi connectivity index (χ0n) is 14.8. The summed E-state index contributed by atoms with van der Waals surface area (Å²) in [5.41, 5.74) is 3.39. The van der Waals surface area contributed by atoms with Gasteiger partial charge in [-0.3, -0.25) is 4.79 Å². The van der Waals surface area contributed by atoms with Gasteiger partial charge in [-0.2, -0.15) is 0 Å². The van der Waals surface area contributed by atoms with Gasteiger partial charge < -0.3 is 14.8 Å². The molecule has 2 aromatic carbocycles. The number of hydrogen-bond donors (Lipinski definition) is 1. The van der Waals surface area contributed by atoms with Gasteiger partial charge in [0, 0.05) is 0 Å². The molecule has 1 N–H and O–H groups in total. The topological polar surface area (TPSA) is 47.6 Å². The first-order valence-corrected chi connectivity index (χ1v) is 8.17. The van der Waals surface area contributed by atoms with Crippen molar-refractivity contribution in [1.29, 1.82) is 0 Å². The summed E-state index contributed by atoms with van der Waals surface area (Å²) >= 11 is 0. The van der Waals surface area contributed by atoms with Gasteiger partial charge in [-0.15, -0.1) is 0 Å². The highest BCUT2D eigenvalue weighted by atomic mass is 16.5. The van der Waals surface area contributed by atoms with Gasteiger partial charge in [0.15, 0.2) is 6.10 Å². The first kappa shape index (κ1) is 17.9. The number of nitrogens with one attached hydrogen (secondary N) is 1. The third-order valence-corrected chi connectivity index (χ3v) is 3.71. The molecule has 24 heavy (non-hydrogen) atoms. The van der Waals surface area contributed by atoms with Crippen LogP contribution in [0.4, 0.5) is 0 Å². The molecule has 0 radical (unpaired) electrons. The summed E-state index contributed by atoms with van der Waals surface area (Å²) in [6.45, 7) is 8.64. The fourth-order valence-electron chi connectivity index (χ4n) is 2.22. The molecule has 4 nitrogen and oxygen atoms in total.